The summed E-state index contributed by atoms with van der Waals surface area (Å²) in [5, 5.41) is 12.9. The van der Waals surface area contributed by atoms with Crippen LogP contribution in [0.5, 0.6) is 0 Å². The van der Waals surface area contributed by atoms with Gasteiger partial charge in [-0.25, -0.2) is 8.78 Å². The number of alkyl halides is 5. The van der Waals surface area contributed by atoms with Crippen LogP contribution in [0.1, 0.15) is 71.5 Å². The van der Waals surface area contributed by atoms with Gasteiger partial charge in [0.2, 0.25) is 0 Å². The van der Waals surface area contributed by atoms with Gasteiger partial charge in [0.15, 0.2) is 11.5 Å². The van der Waals surface area contributed by atoms with Gasteiger partial charge in [0.25, 0.3) is 11.8 Å². The van der Waals surface area contributed by atoms with Crippen molar-refractivity contribution in [1.82, 2.24) is 19.7 Å². The van der Waals surface area contributed by atoms with Crippen LogP contribution < -0.4 is 0 Å². The van der Waals surface area contributed by atoms with Crippen molar-refractivity contribution in [2.45, 2.75) is 57.2 Å². The van der Waals surface area contributed by atoms with E-state index < -0.39 is 77.9 Å². The Bertz CT molecular complexity index is 1290. The molecule has 0 aliphatic heterocycles. The van der Waals surface area contributed by atoms with E-state index in [1.54, 1.807) is 0 Å². The number of halogens is 7. The summed E-state index contributed by atoms with van der Waals surface area (Å²) >= 11 is 12.0. The van der Waals surface area contributed by atoms with Crippen molar-refractivity contribution < 1.29 is 41.4 Å². The molecule has 0 radical (unpaired) electrons. The predicted molar refractivity (Wildman–Crippen MR) is 128 cm³/mol. The molecule has 0 aromatic carbocycles. The van der Waals surface area contributed by atoms with Gasteiger partial charge in [-0.3, -0.25) is 24.0 Å². The zero-order valence-electron chi connectivity index (χ0n) is 20.4. The number of carbonyl (C=O) groups excluding carboxylic acids is 2. The van der Waals surface area contributed by atoms with E-state index in [1.807, 2.05) is 0 Å². The largest absolute Gasteiger partial charge is 0.481 e. The summed E-state index contributed by atoms with van der Waals surface area (Å²) in [5.74, 6) is -7.69. The summed E-state index contributed by atoms with van der Waals surface area (Å²) in [4.78, 5) is 42.3. The number of aromatic nitrogens is 3. The van der Waals surface area contributed by atoms with Crippen LogP contribution in [0.4, 0.5) is 22.0 Å². The molecule has 2 aromatic rings. The molecule has 39 heavy (non-hydrogen) atoms. The van der Waals surface area contributed by atoms with Crippen molar-refractivity contribution in [2.75, 3.05) is 13.1 Å². The number of Topliss-reactive ketones (excluding diaryl/α,β-unsaturated/α-hetero) is 1. The summed E-state index contributed by atoms with van der Waals surface area (Å²) in [6.07, 6.45) is -2.42. The third-order valence-electron chi connectivity index (χ3n) is 7.37. The lowest BCUT2D eigenvalue weighted by Gasteiger charge is -2.34. The van der Waals surface area contributed by atoms with Crippen LogP contribution >= 0.6 is 23.2 Å². The minimum Gasteiger partial charge on any atom is -0.481 e. The summed E-state index contributed by atoms with van der Waals surface area (Å²) in [6, 6.07) is -0.840. The van der Waals surface area contributed by atoms with Crippen LogP contribution in [0.15, 0.2) is 18.6 Å². The number of aliphatic carboxylic acids is 1. The molecule has 8 nitrogen and oxygen atoms in total. The highest BCUT2D eigenvalue weighted by molar-refractivity contribution is 6.39. The Morgan fingerprint density at radius 1 is 1.13 bits per heavy atom. The van der Waals surface area contributed by atoms with Crippen molar-refractivity contribution in [3.63, 3.8) is 0 Å². The maximum atomic E-state index is 14.3. The first-order chi connectivity index (χ1) is 18.0. The second-order valence-corrected chi connectivity index (χ2v) is 11.0. The number of ketones is 1. The summed E-state index contributed by atoms with van der Waals surface area (Å²) < 4.78 is 71.0. The number of pyridine rings is 1. The number of carbonyl (C=O) groups is 3. The first kappa shape index (κ1) is 29.2. The van der Waals surface area contributed by atoms with E-state index in [9.17, 15) is 41.4 Å². The number of nitrogens with zero attached hydrogens (tertiary/aromatic N) is 4. The molecule has 2 aliphatic carbocycles. The minimum atomic E-state index is -5.06. The molecule has 212 valence electrons. The lowest BCUT2D eigenvalue weighted by Crippen LogP contribution is -2.39. The van der Waals surface area contributed by atoms with Crippen molar-refractivity contribution in [3.8, 4) is 0 Å². The van der Waals surface area contributed by atoms with Crippen LogP contribution in [0, 0.1) is 11.3 Å². The van der Waals surface area contributed by atoms with Crippen molar-refractivity contribution in [2.24, 2.45) is 11.3 Å². The zero-order valence-corrected chi connectivity index (χ0v) is 22.0. The highest BCUT2D eigenvalue weighted by atomic mass is 35.5. The molecule has 2 saturated carbocycles. The summed E-state index contributed by atoms with van der Waals surface area (Å²) in [5.41, 5.74) is -3.64. The molecule has 2 fully saturated rings. The summed E-state index contributed by atoms with van der Waals surface area (Å²) in [6.45, 7) is -0.0311. The second-order valence-electron chi connectivity index (χ2n) is 10.2. The maximum absolute atomic E-state index is 14.3. The van der Waals surface area contributed by atoms with Gasteiger partial charge in [-0.1, -0.05) is 23.2 Å². The number of carboxylic acid groups (broad SMARTS) is 1. The first-order valence-electron chi connectivity index (χ1n) is 11.9. The predicted octanol–water partition coefficient (Wildman–Crippen LogP) is 5.79. The van der Waals surface area contributed by atoms with Crippen LogP contribution in [0.25, 0.3) is 0 Å². The van der Waals surface area contributed by atoms with Crippen LogP contribution in [0.3, 0.4) is 0 Å². The van der Waals surface area contributed by atoms with Gasteiger partial charge in [-0.05, 0) is 32.6 Å². The Morgan fingerprint density at radius 3 is 2.18 bits per heavy atom. The average Bonchev–Trinajstić information content (AvgIpc) is 3.22. The van der Waals surface area contributed by atoms with E-state index in [1.165, 1.54) is 6.92 Å². The van der Waals surface area contributed by atoms with E-state index >= 15 is 0 Å². The van der Waals surface area contributed by atoms with E-state index in [-0.39, 0.29) is 41.3 Å². The van der Waals surface area contributed by atoms with Crippen molar-refractivity contribution in [3.05, 3.63) is 45.5 Å². The van der Waals surface area contributed by atoms with E-state index in [0.717, 1.165) is 12.4 Å². The van der Waals surface area contributed by atoms with E-state index in [0.29, 0.717) is 15.8 Å². The normalized spacial score (nSPS) is 24.3. The van der Waals surface area contributed by atoms with Crippen molar-refractivity contribution in [1.29, 1.82) is 0 Å². The molecule has 0 bridgehead atoms. The monoisotopic (exact) mass is 596 g/mol. The fraction of sp³-hybridized carbons (Fsp3) is 0.542. The molecule has 2 aliphatic rings. The number of amides is 1. The Kier molecular flexibility index (Phi) is 7.71. The minimum absolute atomic E-state index is 0.0662. The molecule has 1 amide bonds. The topological polar surface area (TPSA) is 105 Å². The van der Waals surface area contributed by atoms with Crippen LogP contribution in [-0.2, 0) is 11.0 Å². The Morgan fingerprint density at radius 2 is 1.69 bits per heavy atom. The number of rotatable bonds is 8. The van der Waals surface area contributed by atoms with Gasteiger partial charge < -0.3 is 10.0 Å². The zero-order chi connectivity index (χ0) is 28.9. The average molecular weight is 597 g/mol. The molecular formula is C24H23Cl2F5N4O4. The first-order valence-corrected chi connectivity index (χ1v) is 12.7. The molecule has 0 saturated heterocycles. The van der Waals surface area contributed by atoms with Gasteiger partial charge >= 0.3 is 12.1 Å². The third kappa shape index (κ3) is 5.88. The molecule has 1 unspecified atom stereocenters. The SMILES string of the molecule is C[C@]1(C(=O)O)CC[C@H](n2ncc(C(=O)N(CC(=O)c3c(Cl)cncc3Cl)CC3CC3(F)F)c2C(F)(F)F)CC1. The third-order valence-corrected chi connectivity index (χ3v) is 7.94. The maximum Gasteiger partial charge on any atom is 0.433 e. The highest BCUT2D eigenvalue weighted by Gasteiger charge is 2.58. The molecular weight excluding hydrogens is 574 g/mol. The second kappa shape index (κ2) is 10.3. The molecule has 2 aromatic heterocycles. The standard InChI is InChI=1S/C24H23Cl2F5N4O4/c1-22(21(38)39)4-2-13(3-5-22)35-19(24(29,30)31)14(7-33-35)20(37)34(10-12-6-23(12,27)28)11-17(36)18-15(25)8-32-9-16(18)26/h7-9,12-13H,2-6,10-11H2,1H3,(H,38,39)/t12?,13-,22-. The molecule has 1 N–H and O–H groups in total. The quantitative estimate of drug-likeness (QED) is 0.305. The van der Waals surface area contributed by atoms with E-state index in [4.69, 9.17) is 23.2 Å². The fourth-order valence-corrected chi connectivity index (χ4v) is 5.41. The van der Waals surface area contributed by atoms with Crippen molar-refractivity contribution >= 4 is 40.9 Å². The van der Waals surface area contributed by atoms with Gasteiger partial charge in [0.1, 0.15) is 0 Å². The number of hydrogen-bond donors (Lipinski definition) is 1. The van der Waals surface area contributed by atoms with E-state index in [2.05, 4.69) is 10.1 Å². The Balaban J connectivity index is 1.66. The highest BCUT2D eigenvalue weighted by Crippen LogP contribution is 2.49. The smallest absolute Gasteiger partial charge is 0.433 e. The number of carboxylic acids is 1. The van der Waals surface area contributed by atoms with Gasteiger partial charge in [0, 0.05) is 31.3 Å². The fourth-order valence-electron chi connectivity index (χ4n) is 4.83. The summed E-state index contributed by atoms with van der Waals surface area (Å²) in [7, 11) is 0. The van der Waals surface area contributed by atoms with Gasteiger partial charge in [-0.2, -0.15) is 18.3 Å². The lowest BCUT2D eigenvalue weighted by molar-refractivity contribution is -0.152. The Labute approximate surface area is 229 Å². The van der Waals surface area contributed by atoms with Gasteiger partial charge in [-0.15, -0.1) is 0 Å². The van der Waals surface area contributed by atoms with Crippen LogP contribution in [-0.4, -0.2) is 61.4 Å². The van der Waals surface area contributed by atoms with Crippen LogP contribution in [0.2, 0.25) is 10.0 Å². The molecule has 2 heterocycles. The van der Waals surface area contributed by atoms with Gasteiger partial charge in [0.05, 0.1) is 45.4 Å². The Hall–Kier alpha value is -2.80. The molecule has 4 rings (SSSR count). The number of hydrogen-bond acceptors (Lipinski definition) is 5. The molecule has 15 heteroatoms. The molecule has 1 atom stereocenters. The molecule has 0 spiro atoms. The lowest BCUT2D eigenvalue weighted by atomic mass is 9.74.